The second-order valence-electron chi connectivity index (χ2n) is 6.81. The largest absolute Gasteiger partial charge is 0.462 e. The molecule has 21 heavy (non-hydrogen) atoms. The zero-order valence-electron chi connectivity index (χ0n) is 14.0. The van der Waals surface area contributed by atoms with Crippen molar-refractivity contribution >= 4 is 5.97 Å². The number of ether oxygens (including phenoxy) is 1. The third-order valence-electron chi connectivity index (χ3n) is 4.36. The fraction of sp³-hybridized carbons (Fsp3) is 0.632. The minimum Gasteiger partial charge on any atom is -0.462 e. The van der Waals surface area contributed by atoms with E-state index < -0.39 is 0 Å². The highest BCUT2D eigenvalue weighted by Crippen LogP contribution is 2.28. The van der Waals surface area contributed by atoms with Crippen LogP contribution in [-0.2, 0) is 4.74 Å². The monoisotopic (exact) mass is 290 g/mol. The lowest BCUT2D eigenvalue weighted by Crippen LogP contribution is -2.11. The Hall–Kier alpha value is -1.31. The van der Waals surface area contributed by atoms with E-state index in [-0.39, 0.29) is 5.97 Å². The summed E-state index contributed by atoms with van der Waals surface area (Å²) in [7, 11) is 0. The maximum Gasteiger partial charge on any atom is 0.338 e. The highest BCUT2D eigenvalue weighted by Gasteiger charge is 2.15. The maximum absolute atomic E-state index is 11.8. The molecule has 0 aliphatic rings. The van der Waals surface area contributed by atoms with Gasteiger partial charge in [0, 0.05) is 0 Å². The normalized spacial score (nSPS) is 13.0. The first-order valence-electron chi connectivity index (χ1n) is 8.17. The quantitative estimate of drug-likeness (QED) is 0.563. The molecule has 0 fully saturated rings. The smallest absolute Gasteiger partial charge is 0.338 e. The van der Waals surface area contributed by atoms with Crippen LogP contribution < -0.4 is 0 Å². The van der Waals surface area contributed by atoms with Gasteiger partial charge in [0.15, 0.2) is 0 Å². The minimum absolute atomic E-state index is 0.213. The van der Waals surface area contributed by atoms with Crippen LogP contribution >= 0.6 is 0 Å². The van der Waals surface area contributed by atoms with Crippen molar-refractivity contribution < 1.29 is 9.53 Å². The Labute approximate surface area is 129 Å². The summed E-state index contributed by atoms with van der Waals surface area (Å²) in [6.07, 6.45) is 5.93. The van der Waals surface area contributed by atoms with Gasteiger partial charge in [-0.2, -0.15) is 0 Å². The van der Waals surface area contributed by atoms with Gasteiger partial charge in [0.1, 0.15) is 0 Å². The lowest BCUT2D eigenvalue weighted by molar-refractivity contribution is 0.0483. The summed E-state index contributed by atoms with van der Waals surface area (Å²) in [5, 5.41) is 0. The molecule has 0 spiro atoms. The average Bonchev–Trinajstić information content (AvgIpc) is 2.48. The zero-order chi connectivity index (χ0) is 15.7. The number of hydrogen-bond donors (Lipinski definition) is 0. The van der Waals surface area contributed by atoms with E-state index in [1.54, 1.807) is 12.1 Å². The summed E-state index contributed by atoms with van der Waals surface area (Å²) >= 11 is 0. The Kier molecular flexibility index (Phi) is 7.49. The van der Waals surface area contributed by atoms with Gasteiger partial charge in [-0.05, 0) is 36.3 Å². The lowest BCUT2D eigenvalue weighted by atomic mass is 9.83. The molecule has 1 aromatic carbocycles. The Morgan fingerprint density at radius 2 is 1.86 bits per heavy atom. The molecule has 0 saturated carbocycles. The van der Waals surface area contributed by atoms with Crippen LogP contribution in [0.5, 0.6) is 0 Å². The molecule has 0 heterocycles. The van der Waals surface area contributed by atoms with E-state index in [4.69, 9.17) is 4.74 Å². The molecule has 0 aromatic heterocycles. The third-order valence-corrected chi connectivity index (χ3v) is 4.36. The molecule has 1 aromatic rings. The van der Waals surface area contributed by atoms with E-state index in [1.807, 2.05) is 18.2 Å². The van der Waals surface area contributed by atoms with Gasteiger partial charge in [-0.1, -0.05) is 65.2 Å². The van der Waals surface area contributed by atoms with Crippen molar-refractivity contribution in [2.75, 3.05) is 6.61 Å². The molecular formula is C19H30O2. The fourth-order valence-corrected chi connectivity index (χ4v) is 2.26. The third kappa shape index (κ3) is 7.31. The van der Waals surface area contributed by atoms with Gasteiger partial charge in [-0.25, -0.2) is 4.79 Å². The molecule has 0 aliphatic heterocycles. The molecular weight excluding hydrogens is 260 g/mol. The van der Waals surface area contributed by atoms with Crippen molar-refractivity contribution in [2.24, 2.45) is 11.3 Å². The molecule has 0 saturated heterocycles. The Morgan fingerprint density at radius 1 is 1.19 bits per heavy atom. The standard InChI is InChI=1S/C19H30O2/c1-5-19(3,4)14-9-10-16(2)13-15-21-18(20)17-11-7-6-8-12-17/h6-8,11-12,16H,5,9-10,13-15H2,1-4H3. The zero-order valence-corrected chi connectivity index (χ0v) is 14.0. The van der Waals surface area contributed by atoms with E-state index in [1.165, 1.54) is 25.7 Å². The van der Waals surface area contributed by atoms with Crippen LogP contribution in [0.25, 0.3) is 0 Å². The second-order valence-corrected chi connectivity index (χ2v) is 6.81. The van der Waals surface area contributed by atoms with Gasteiger partial charge < -0.3 is 4.74 Å². The van der Waals surface area contributed by atoms with Crippen LogP contribution in [0.15, 0.2) is 30.3 Å². The molecule has 0 radical (unpaired) electrons. The molecule has 118 valence electrons. The van der Waals surface area contributed by atoms with Crippen molar-refractivity contribution in [1.82, 2.24) is 0 Å². The number of carbonyl (C=O) groups excluding carboxylic acids is 1. The summed E-state index contributed by atoms with van der Waals surface area (Å²) in [5.74, 6) is 0.399. The summed E-state index contributed by atoms with van der Waals surface area (Å²) < 4.78 is 5.33. The average molecular weight is 290 g/mol. The molecule has 1 rings (SSSR count). The molecule has 2 heteroatoms. The summed E-state index contributed by atoms with van der Waals surface area (Å²) in [6.45, 7) is 9.69. The molecule has 0 N–H and O–H groups in total. The lowest BCUT2D eigenvalue weighted by Gasteiger charge is -2.23. The van der Waals surface area contributed by atoms with Crippen LogP contribution in [0.1, 0.15) is 70.2 Å². The number of hydrogen-bond acceptors (Lipinski definition) is 2. The first-order chi connectivity index (χ1) is 9.94. The first-order valence-corrected chi connectivity index (χ1v) is 8.17. The fourth-order valence-electron chi connectivity index (χ4n) is 2.26. The van der Waals surface area contributed by atoms with Gasteiger partial charge in [0.2, 0.25) is 0 Å². The van der Waals surface area contributed by atoms with Crippen LogP contribution in [0, 0.1) is 11.3 Å². The summed E-state index contributed by atoms with van der Waals surface area (Å²) in [4.78, 5) is 11.8. The van der Waals surface area contributed by atoms with Crippen molar-refractivity contribution in [1.29, 1.82) is 0 Å². The van der Waals surface area contributed by atoms with Crippen LogP contribution in [0.2, 0.25) is 0 Å². The van der Waals surface area contributed by atoms with Crippen LogP contribution in [-0.4, -0.2) is 12.6 Å². The highest BCUT2D eigenvalue weighted by atomic mass is 16.5. The van der Waals surface area contributed by atoms with Gasteiger partial charge >= 0.3 is 5.97 Å². The minimum atomic E-state index is -0.213. The van der Waals surface area contributed by atoms with Gasteiger partial charge in [-0.3, -0.25) is 0 Å². The molecule has 1 unspecified atom stereocenters. The van der Waals surface area contributed by atoms with E-state index >= 15 is 0 Å². The Bertz CT molecular complexity index is 409. The van der Waals surface area contributed by atoms with Crippen molar-refractivity contribution in [3.63, 3.8) is 0 Å². The number of carbonyl (C=O) groups is 1. The molecule has 1 atom stereocenters. The van der Waals surface area contributed by atoms with Crippen molar-refractivity contribution in [3.05, 3.63) is 35.9 Å². The maximum atomic E-state index is 11.8. The van der Waals surface area contributed by atoms with Gasteiger partial charge in [0.25, 0.3) is 0 Å². The molecule has 0 bridgehead atoms. The van der Waals surface area contributed by atoms with E-state index in [0.717, 1.165) is 6.42 Å². The molecule has 2 nitrogen and oxygen atoms in total. The number of rotatable bonds is 9. The predicted molar refractivity (Wildman–Crippen MR) is 88.4 cm³/mol. The van der Waals surface area contributed by atoms with Crippen molar-refractivity contribution in [3.8, 4) is 0 Å². The second kappa shape index (κ2) is 8.86. The topological polar surface area (TPSA) is 26.3 Å². The van der Waals surface area contributed by atoms with Gasteiger partial charge in [0.05, 0.1) is 12.2 Å². The number of esters is 1. The number of benzene rings is 1. The first kappa shape index (κ1) is 17.7. The van der Waals surface area contributed by atoms with E-state index in [2.05, 4.69) is 27.7 Å². The van der Waals surface area contributed by atoms with E-state index in [9.17, 15) is 4.79 Å². The highest BCUT2D eigenvalue weighted by molar-refractivity contribution is 5.89. The van der Waals surface area contributed by atoms with Gasteiger partial charge in [-0.15, -0.1) is 0 Å². The molecule has 0 aliphatic carbocycles. The molecule has 0 amide bonds. The SMILES string of the molecule is CCC(C)(C)CCCC(C)CCOC(=O)c1ccccc1. The Balaban J connectivity index is 2.16. The van der Waals surface area contributed by atoms with Crippen LogP contribution in [0.3, 0.4) is 0 Å². The Morgan fingerprint density at radius 3 is 2.48 bits per heavy atom. The summed E-state index contributed by atoms with van der Waals surface area (Å²) in [6, 6.07) is 9.19. The summed E-state index contributed by atoms with van der Waals surface area (Å²) in [5.41, 5.74) is 1.09. The van der Waals surface area contributed by atoms with E-state index in [0.29, 0.717) is 23.5 Å². The van der Waals surface area contributed by atoms with Crippen molar-refractivity contribution in [2.45, 2.75) is 59.8 Å². The predicted octanol–water partition coefficient (Wildman–Crippen LogP) is 5.48. The van der Waals surface area contributed by atoms with Crippen LogP contribution in [0.4, 0.5) is 0 Å².